The van der Waals surface area contributed by atoms with Crippen LogP contribution in [0.1, 0.15) is 51.7 Å². The van der Waals surface area contributed by atoms with Gasteiger partial charge in [-0.25, -0.2) is 0 Å². The Bertz CT molecular complexity index is 524. The molecule has 2 aromatic carbocycles. The smallest absolute Gasteiger partial charge is 0.0699 e. The Kier molecular flexibility index (Phi) is 6.01. The molecule has 0 aromatic heterocycles. The van der Waals surface area contributed by atoms with E-state index in [1.807, 2.05) is 0 Å². The van der Waals surface area contributed by atoms with Crippen molar-refractivity contribution in [1.29, 1.82) is 0 Å². The first-order chi connectivity index (χ1) is 11.0. The van der Waals surface area contributed by atoms with Crippen LogP contribution >= 0.6 is 0 Å². The van der Waals surface area contributed by atoms with Crippen molar-refractivity contribution in [3.8, 4) is 0 Å². The second-order valence-electron chi connectivity index (χ2n) is 7.03. The van der Waals surface area contributed by atoms with Crippen LogP contribution in [-0.2, 0) is 17.6 Å². The molecule has 2 rings (SSSR count). The molecule has 0 saturated heterocycles. The van der Waals surface area contributed by atoms with E-state index < -0.39 is 0 Å². The van der Waals surface area contributed by atoms with Crippen molar-refractivity contribution < 1.29 is 4.74 Å². The lowest BCUT2D eigenvalue weighted by atomic mass is 9.89. The van der Waals surface area contributed by atoms with E-state index in [-0.39, 0.29) is 11.2 Å². The first kappa shape index (κ1) is 17.7. The minimum absolute atomic E-state index is 0.138. The second-order valence-corrected chi connectivity index (χ2v) is 7.03. The van der Waals surface area contributed by atoms with Gasteiger partial charge in [0, 0.05) is 12.8 Å². The fourth-order valence-electron chi connectivity index (χ4n) is 3.12. The maximum atomic E-state index is 6.73. The number of hydrogen-bond donors (Lipinski definition) is 0. The Balaban J connectivity index is 2.13. The molecule has 2 aromatic rings. The normalized spacial score (nSPS) is 16.5. The molecule has 1 nitrogen and oxygen atoms in total. The highest BCUT2D eigenvalue weighted by molar-refractivity contribution is 5.18. The maximum absolute atomic E-state index is 6.73. The summed E-state index contributed by atoms with van der Waals surface area (Å²) >= 11 is 0. The fourth-order valence-corrected chi connectivity index (χ4v) is 3.12. The van der Waals surface area contributed by atoms with E-state index in [0.29, 0.717) is 0 Å². The summed E-state index contributed by atoms with van der Waals surface area (Å²) in [5.74, 6) is 0. The van der Waals surface area contributed by atoms with Crippen molar-refractivity contribution in [1.82, 2.24) is 0 Å². The van der Waals surface area contributed by atoms with Crippen LogP contribution < -0.4 is 0 Å². The van der Waals surface area contributed by atoms with Crippen LogP contribution in [0, 0.1) is 0 Å². The van der Waals surface area contributed by atoms with Crippen molar-refractivity contribution in [3.63, 3.8) is 0 Å². The van der Waals surface area contributed by atoms with Crippen LogP contribution in [0.3, 0.4) is 0 Å². The topological polar surface area (TPSA) is 9.23 Å². The third-order valence-corrected chi connectivity index (χ3v) is 4.83. The van der Waals surface area contributed by atoms with Gasteiger partial charge < -0.3 is 4.74 Å². The van der Waals surface area contributed by atoms with Crippen LogP contribution in [-0.4, -0.2) is 11.2 Å². The maximum Gasteiger partial charge on any atom is 0.0699 e. The zero-order valence-electron chi connectivity index (χ0n) is 15.0. The van der Waals surface area contributed by atoms with Crippen LogP contribution in [0.2, 0.25) is 0 Å². The van der Waals surface area contributed by atoms with Gasteiger partial charge in [0.2, 0.25) is 0 Å². The third-order valence-electron chi connectivity index (χ3n) is 4.83. The minimum Gasteiger partial charge on any atom is -0.368 e. The predicted molar refractivity (Wildman–Crippen MR) is 98.8 cm³/mol. The van der Waals surface area contributed by atoms with E-state index >= 15 is 0 Å². The van der Waals surface area contributed by atoms with E-state index in [2.05, 4.69) is 88.4 Å². The number of rotatable bonds is 8. The van der Waals surface area contributed by atoms with Crippen LogP contribution in [0.15, 0.2) is 60.7 Å². The van der Waals surface area contributed by atoms with Gasteiger partial charge in [0.15, 0.2) is 0 Å². The minimum atomic E-state index is -0.138. The summed E-state index contributed by atoms with van der Waals surface area (Å²) in [5, 5.41) is 0. The SMILES string of the molecule is CCC(C)(Cc1ccccc1)OC(C)(CC)Cc1ccccc1. The van der Waals surface area contributed by atoms with Gasteiger partial charge in [-0.15, -0.1) is 0 Å². The third kappa shape index (κ3) is 5.21. The zero-order chi connectivity index (χ0) is 16.8. The standard InChI is InChI=1S/C22H30O/c1-5-21(3,17-19-13-9-7-10-14-19)23-22(4,6-2)18-20-15-11-8-12-16-20/h7-16H,5-6,17-18H2,1-4H3. The molecule has 0 aliphatic heterocycles. The lowest BCUT2D eigenvalue weighted by Crippen LogP contribution is -2.43. The summed E-state index contributed by atoms with van der Waals surface area (Å²) in [6, 6.07) is 21.3. The van der Waals surface area contributed by atoms with Crippen molar-refractivity contribution in [2.75, 3.05) is 0 Å². The lowest BCUT2D eigenvalue weighted by molar-refractivity contribution is -0.143. The molecule has 1 heteroatoms. The van der Waals surface area contributed by atoms with E-state index in [0.717, 1.165) is 25.7 Å². The van der Waals surface area contributed by atoms with Crippen molar-refractivity contribution >= 4 is 0 Å². The molecule has 23 heavy (non-hydrogen) atoms. The molecule has 0 bridgehead atoms. The monoisotopic (exact) mass is 310 g/mol. The van der Waals surface area contributed by atoms with Gasteiger partial charge in [0.25, 0.3) is 0 Å². The Labute approximate surface area is 141 Å². The van der Waals surface area contributed by atoms with E-state index in [1.54, 1.807) is 0 Å². The summed E-state index contributed by atoms with van der Waals surface area (Å²) in [7, 11) is 0. The summed E-state index contributed by atoms with van der Waals surface area (Å²) in [6.07, 6.45) is 3.92. The second kappa shape index (κ2) is 7.79. The Morgan fingerprint density at radius 3 is 1.30 bits per heavy atom. The van der Waals surface area contributed by atoms with Gasteiger partial charge >= 0.3 is 0 Å². The Morgan fingerprint density at radius 1 is 0.652 bits per heavy atom. The molecular weight excluding hydrogens is 280 g/mol. The average molecular weight is 310 g/mol. The van der Waals surface area contributed by atoms with Gasteiger partial charge in [0.1, 0.15) is 0 Å². The molecule has 0 radical (unpaired) electrons. The number of benzene rings is 2. The molecule has 0 fully saturated rings. The summed E-state index contributed by atoms with van der Waals surface area (Å²) in [5.41, 5.74) is 2.41. The number of ether oxygens (including phenoxy) is 1. The Hall–Kier alpha value is -1.60. The molecule has 124 valence electrons. The lowest BCUT2D eigenvalue weighted by Gasteiger charge is -2.40. The van der Waals surface area contributed by atoms with Crippen molar-refractivity contribution in [2.45, 2.75) is 64.6 Å². The van der Waals surface area contributed by atoms with Crippen LogP contribution in [0.5, 0.6) is 0 Å². The van der Waals surface area contributed by atoms with Crippen molar-refractivity contribution in [3.05, 3.63) is 71.8 Å². The van der Waals surface area contributed by atoms with E-state index in [1.165, 1.54) is 11.1 Å². The van der Waals surface area contributed by atoms with Gasteiger partial charge in [0.05, 0.1) is 11.2 Å². The Morgan fingerprint density at radius 2 is 1.00 bits per heavy atom. The molecule has 0 saturated carbocycles. The molecule has 0 aliphatic rings. The van der Waals surface area contributed by atoms with Gasteiger partial charge in [-0.05, 0) is 37.8 Å². The summed E-state index contributed by atoms with van der Waals surface area (Å²) in [6.45, 7) is 8.95. The van der Waals surface area contributed by atoms with Gasteiger partial charge in [-0.2, -0.15) is 0 Å². The highest BCUT2D eigenvalue weighted by Crippen LogP contribution is 2.32. The fraction of sp³-hybridized carbons (Fsp3) is 0.455. The van der Waals surface area contributed by atoms with Crippen LogP contribution in [0.25, 0.3) is 0 Å². The predicted octanol–water partition coefficient (Wildman–Crippen LogP) is 5.83. The summed E-state index contributed by atoms with van der Waals surface area (Å²) < 4.78 is 6.73. The first-order valence-electron chi connectivity index (χ1n) is 8.77. The molecule has 0 heterocycles. The largest absolute Gasteiger partial charge is 0.368 e. The zero-order valence-corrected chi connectivity index (χ0v) is 15.0. The van der Waals surface area contributed by atoms with E-state index in [4.69, 9.17) is 4.74 Å². The quantitative estimate of drug-likeness (QED) is 0.596. The molecular formula is C22H30O. The number of hydrogen-bond acceptors (Lipinski definition) is 1. The first-order valence-corrected chi connectivity index (χ1v) is 8.77. The highest BCUT2D eigenvalue weighted by atomic mass is 16.5. The molecule has 0 amide bonds. The molecule has 2 atom stereocenters. The van der Waals surface area contributed by atoms with Crippen LogP contribution in [0.4, 0.5) is 0 Å². The molecule has 0 spiro atoms. The van der Waals surface area contributed by atoms with Crippen molar-refractivity contribution in [2.24, 2.45) is 0 Å². The highest BCUT2D eigenvalue weighted by Gasteiger charge is 2.34. The molecule has 0 aliphatic carbocycles. The molecule has 0 N–H and O–H groups in total. The average Bonchev–Trinajstić information content (AvgIpc) is 2.56. The van der Waals surface area contributed by atoms with Gasteiger partial charge in [-0.3, -0.25) is 0 Å². The van der Waals surface area contributed by atoms with E-state index in [9.17, 15) is 0 Å². The molecule has 2 unspecified atom stereocenters. The van der Waals surface area contributed by atoms with Gasteiger partial charge in [-0.1, -0.05) is 74.5 Å². The summed E-state index contributed by atoms with van der Waals surface area (Å²) in [4.78, 5) is 0.